The van der Waals surface area contributed by atoms with Crippen LogP contribution in [-0.4, -0.2) is 52.5 Å². The van der Waals surface area contributed by atoms with Crippen LogP contribution in [0.25, 0.3) is 0 Å². The minimum atomic E-state index is -0.122. The molecule has 27 heavy (non-hydrogen) atoms. The molecule has 1 saturated heterocycles. The highest BCUT2D eigenvalue weighted by molar-refractivity contribution is 5.91. The lowest BCUT2D eigenvalue weighted by molar-refractivity contribution is 0.0704. The zero-order chi connectivity index (χ0) is 18.6. The van der Waals surface area contributed by atoms with Crippen LogP contribution < -0.4 is 4.90 Å². The fourth-order valence-corrected chi connectivity index (χ4v) is 3.24. The van der Waals surface area contributed by atoms with Gasteiger partial charge in [-0.25, -0.2) is 4.63 Å². The van der Waals surface area contributed by atoms with E-state index in [0.29, 0.717) is 31.9 Å². The lowest BCUT2D eigenvalue weighted by atomic mass is 10.1. The number of benzene rings is 1. The molecule has 1 fully saturated rings. The molecule has 3 aromatic rings. The van der Waals surface area contributed by atoms with Crippen molar-refractivity contribution in [2.75, 3.05) is 31.1 Å². The van der Waals surface area contributed by atoms with E-state index >= 15 is 0 Å². The molecule has 1 aliphatic heterocycles. The van der Waals surface area contributed by atoms with Gasteiger partial charge in [0.1, 0.15) is 5.69 Å². The minimum absolute atomic E-state index is 0.122. The van der Waals surface area contributed by atoms with Gasteiger partial charge in [-0.3, -0.25) is 4.79 Å². The van der Waals surface area contributed by atoms with Gasteiger partial charge in [-0.1, -0.05) is 40.6 Å². The van der Waals surface area contributed by atoms with Crippen LogP contribution in [0.5, 0.6) is 0 Å². The van der Waals surface area contributed by atoms with E-state index in [1.54, 1.807) is 11.0 Å². The Bertz CT molecular complexity index is 897. The Morgan fingerprint density at radius 1 is 1.04 bits per heavy atom. The van der Waals surface area contributed by atoms with Gasteiger partial charge < -0.3 is 14.3 Å². The van der Waals surface area contributed by atoms with Crippen molar-refractivity contribution in [1.29, 1.82) is 0 Å². The average molecular weight is 367 g/mol. The van der Waals surface area contributed by atoms with Crippen LogP contribution in [0.3, 0.4) is 0 Å². The molecule has 0 spiro atoms. The third-order valence-corrected chi connectivity index (χ3v) is 4.78. The van der Waals surface area contributed by atoms with E-state index in [1.807, 2.05) is 25.1 Å². The van der Waals surface area contributed by atoms with Crippen LogP contribution in [0.2, 0.25) is 0 Å². The second kappa shape index (κ2) is 7.61. The SMILES string of the molecule is Cc1nonc1N1CCN(C(=O)c2cc(CCc3ccccc3)no2)CC1. The number of aromatic nitrogens is 3. The molecular formula is C19H21N5O3. The maximum atomic E-state index is 12.7. The summed E-state index contributed by atoms with van der Waals surface area (Å²) in [5.74, 6) is 0.916. The summed E-state index contributed by atoms with van der Waals surface area (Å²) >= 11 is 0. The topological polar surface area (TPSA) is 88.5 Å². The van der Waals surface area contributed by atoms with Crippen molar-refractivity contribution in [2.24, 2.45) is 0 Å². The molecule has 0 radical (unpaired) electrons. The van der Waals surface area contributed by atoms with Crippen molar-refractivity contribution in [2.45, 2.75) is 19.8 Å². The van der Waals surface area contributed by atoms with Gasteiger partial charge in [0.25, 0.3) is 5.91 Å². The van der Waals surface area contributed by atoms with E-state index < -0.39 is 0 Å². The lowest BCUT2D eigenvalue weighted by Gasteiger charge is -2.34. The van der Waals surface area contributed by atoms with Crippen molar-refractivity contribution in [3.8, 4) is 0 Å². The number of nitrogens with zero attached hydrogens (tertiary/aromatic N) is 5. The summed E-state index contributed by atoms with van der Waals surface area (Å²) in [6.07, 6.45) is 1.61. The normalized spacial score (nSPS) is 14.6. The quantitative estimate of drug-likeness (QED) is 0.682. The molecule has 8 nitrogen and oxygen atoms in total. The van der Waals surface area contributed by atoms with E-state index in [2.05, 4.69) is 32.5 Å². The molecule has 1 amide bonds. The molecule has 0 atom stereocenters. The predicted octanol–water partition coefficient (Wildman–Crippen LogP) is 2.11. The van der Waals surface area contributed by atoms with E-state index in [0.717, 1.165) is 30.0 Å². The Kier molecular flexibility index (Phi) is 4.86. The number of piperazine rings is 1. The summed E-state index contributed by atoms with van der Waals surface area (Å²) < 4.78 is 10.0. The second-order valence-electron chi connectivity index (χ2n) is 6.62. The van der Waals surface area contributed by atoms with Gasteiger partial charge in [-0.15, -0.1) is 0 Å². The van der Waals surface area contributed by atoms with Gasteiger partial charge in [0.2, 0.25) is 5.76 Å². The smallest absolute Gasteiger partial charge is 0.292 e. The Labute approximate surface area is 156 Å². The molecule has 0 aliphatic carbocycles. The average Bonchev–Trinajstić information content (AvgIpc) is 3.36. The number of carbonyl (C=O) groups is 1. The second-order valence-corrected chi connectivity index (χ2v) is 6.62. The fourth-order valence-electron chi connectivity index (χ4n) is 3.24. The molecular weight excluding hydrogens is 346 g/mol. The van der Waals surface area contributed by atoms with Crippen LogP contribution in [0.1, 0.15) is 27.5 Å². The van der Waals surface area contributed by atoms with Crippen molar-refractivity contribution in [3.63, 3.8) is 0 Å². The van der Waals surface area contributed by atoms with Gasteiger partial charge >= 0.3 is 0 Å². The Balaban J connectivity index is 1.32. The summed E-state index contributed by atoms with van der Waals surface area (Å²) in [5.41, 5.74) is 2.79. The van der Waals surface area contributed by atoms with E-state index in [-0.39, 0.29) is 5.91 Å². The zero-order valence-electron chi connectivity index (χ0n) is 15.2. The zero-order valence-corrected chi connectivity index (χ0v) is 15.2. The summed E-state index contributed by atoms with van der Waals surface area (Å²) in [4.78, 5) is 16.5. The number of amides is 1. The van der Waals surface area contributed by atoms with Gasteiger partial charge in [0, 0.05) is 32.2 Å². The highest BCUT2D eigenvalue weighted by atomic mass is 16.6. The number of hydrogen-bond donors (Lipinski definition) is 0. The largest absolute Gasteiger partial charge is 0.351 e. The lowest BCUT2D eigenvalue weighted by Crippen LogP contribution is -2.49. The van der Waals surface area contributed by atoms with Crippen molar-refractivity contribution >= 4 is 11.7 Å². The molecule has 2 aromatic heterocycles. The maximum Gasteiger partial charge on any atom is 0.292 e. The van der Waals surface area contributed by atoms with Gasteiger partial charge in [0.15, 0.2) is 5.82 Å². The van der Waals surface area contributed by atoms with E-state index in [1.165, 1.54) is 5.56 Å². The highest BCUT2D eigenvalue weighted by Crippen LogP contribution is 2.18. The Hall–Kier alpha value is -3.16. The molecule has 8 heteroatoms. The molecule has 4 rings (SSSR count). The van der Waals surface area contributed by atoms with E-state index in [4.69, 9.17) is 9.15 Å². The molecule has 0 saturated carbocycles. The molecule has 140 valence electrons. The number of rotatable bonds is 5. The van der Waals surface area contributed by atoms with Crippen LogP contribution in [0.15, 0.2) is 45.6 Å². The van der Waals surface area contributed by atoms with Crippen LogP contribution in [-0.2, 0) is 12.8 Å². The fraction of sp³-hybridized carbons (Fsp3) is 0.368. The van der Waals surface area contributed by atoms with Gasteiger partial charge in [-0.2, -0.15) is 0 Å². The molecule has 1 aromatic carbocycles. The summed E-state index contributed by atoms with van der Waals surface area (Å²) in [6, 6.07) is 11.9. The molecule has 0 unspecified atom stereocenters. The Morgan fingerprint density at radius 2 is 1.81 bits per heavy atom. The summed E-state index contributed by atoms with van der Waals surface area (Å²) in [6.45, 7) is 4.39. The number of aryl methyl sites for hydroxylation is 3. The number of anilines is 1. The first-order valence-electron chi connectivity index (χ1n) is 9.03. The summed E-state index contributed by atoms with van der Waals surface area (Å²) in [5, 5.41) is 11.8. The van der Waals surface area contributed by atoms with Crippen molar-refractivity contribution in [1.82, 2.24) is 20.4 Å². The van der Waals surface area contributed by atoms with Crippen molar-refractivity contribution < 1.29 is 13.9 Å². The minimum Gasteiger partial charge on any atom is -0.351 e. The van der Waals surface area contributed by atoms with Crippen LogP contribution >= 0.6 is 0 Å². The maximum absolute atomic E-state index is 12.7. The van der Waals surface area contributed by atoms with Crippen LogP contribution in [0.4, 0.5) is 5.82 Å². The molecule has 0 bridgehead atoms. The first-order valence-corrected chi connectivity index (χ1v) is 9.03. The van der Waals surface area contributed by atoms with E-state index in [9.17, 15) is 4.79 Å². The number of carbonyl (C=O) groups excluding carboxylic acids is 1. The van der Waals surface area contributed by atoms with Crippen molar-refractivity contribution in [3.05, 3.63) is 59.1 Å². The van der Waals surface area contributed by atoms with Gasteiger partial charge in [0.05, 0.1) is 5.69 Å². The highest BCUT2D eigenvalue weighted by Gasteiger charge is 2.27. The number of hydrogen-bond acceptors (Lipinski definition) is 7. The molecule has 1 aliphatic rings. The molecule has 3 heterocycles. The molecule has 0 N–H and O–H groups in total. The predicted molar refractivity (Wildman–Crippen MR) is 97.5 cm³/mol. The monoisotopic (exact) mass is 367 g/mol. The first kappa shape index (κ1) is 17.3. The summed E-state index contributed by atoms with van der Waals surface area (Å²) in [7, 11) is 0. The Morgan fingerprint density at radius 3 is 2.52 bits per heavy atom. The van der Waals surface area contributed by atoms with Crippen LogP contribution in [0, 0.1) is 6.92 Å². The third kappa shape index (κ3) is 3.84. The van der Waals surface area contributed by atoms with Gasteiger partial charge in [-0.05, 0) is 30.5 Å². The standard InChI is InChI=1S/C19H21N5O3/c1-14-18(22-27-20-14)23-9-11-24(12-10-23)19(25)17-13-16(21-26-17)8-7-15-5-3-2-4-6-15/h2-6,13H,7-12H2,1H3. The third-order valence-electron chi connectivity index (χ3n) is 4.78. The first-order chi connectivity index (χ1) is 13.2.